The van der Waals surface area contributed by atoms with Gasteiger partial charge >= 0.3 is 6.03 Å². The van der Waals surface area contributed by atoms with E-state index in [1.807, 2.05) is 12.1 Å². The quantitative estimate of drug-likeness (QED) is 0.814. The second-order valence-corrected chi connectivity index (χ2v) is 5.69. The highest BCUT2D eigenvalue weighted by Gasteiger charge is 2.30. The minimum Gasteiger partial charge on any atom is -0.338 e. The second-order valence-electron chi connectivity index (χ2n) is 4.88. The van der Waals surface area contributed by atoms with Gasteiger partial charge in [-0.2, -0.15) is 0 Å². The summed E-state index contributed by atoms with van der Waals surface area (Å²) >= 11 is 11.3. The second kappa shape index (κ2) is 7.52. The van der Waals surface area contributed by atoms with Crippen molar-refractivity contribution in [2.75, 3.05) is 30.4 Å². The van der Waals surface area contributed by atoms with Crippen LogP contribution in [0.1, 0.15) is 6.42 Å². The van der Waals surface area contributed by atoms with Crippen molar-refractivity contribution in [2.45, 2.75) is 6.42 Å². The minimum absolute atomic E-state index is 0.0605. The number of halogens is 2. The molecule has 1 aromatic rings. The van der Waals surface area contributed by atoms with Crippen LogP contribution in [0.15, 0.2) is 24.3 Å². The molecule has 0 aliphatic carbocycles. The molecule has 1 aliphatic rings. The maximum atomic E-state index is 12.0. The van der Waals surface area contributed by atoms with E-state index in [1.54, 1.807) is 17.0 Å². The van der Waals surface area contributed by atoms with Crippen molar-refractivity contribution >= 4 is 40.8 Å². The molecule has 1 saturated heterocycles. The van der Waals surface area contributed by atoms with Gasteiger partial charge in [0.2, 0.25) is 5.91 Å². The molecule has 0 radical (unpaired) electrons. The third kappa shape index (κ3) is 4.51. The van der Waals surface area contributed by atoms with Crippen molar-refractivity contribution in [3.05, 3.63) is 29.3 Å². The topological polar surface area (TPSA) is 61.4 Å². The molecule has 1 aromatic carbocycles. The van der Waals surface area contributed by atoms with Crippen molar-refractivity contribution in [1.82, 2.24) is 10.6 Å². The molecule has 2 N–H and O–H groups in total. The molecule has 1 aliphatic heterocycles. The number of benzene rings is 1. The Kier molecular flexibility index (Phi) is 5.70. The van der Waals surface area contributed by atoms with E-state index in [4.69, 9.17) is 23.2 Å². The highest BCUT2D eigenvalue weighted by Crippen LogP contribution is 2.25. The largest absolute Gasteiger partial charge is 0.338 e. The van der Waals surface area contributed by atoms with E-state index in [0.29, 0.717) is 37.0 Å². The van der Waals surface area contributed by atoms with Gasteiger partial charge in [-0.05, 0) is 24.3 Å². The Morgan fingerprint density at radius 1 is 1.29 bits per heavy atom. The maximum absolute atomic E-state index is 12.0. The Labute approximate surface area is 133 Å². The van der Waals surface area contributed by atoms with Gasteiger partial charge in [0.05, 0.1) is 0 Å². The average molecular weight is 330 g/mol. The molecule has 1 fully saturated rings. The zero-order valence-electron chi connectivity index (χ0n) is 11.4. The smallest absolute Gasteiger partial charge is 0.314 e. The van der Waals surface area contributed by atoms with Gasteiger partial charge in [-0.25, -0.2) is 4.79 Å². The van der Waals surface area contributed by atoms with Crippen LogP contribution >= 0.6 is 23.2 Å². The Balaban J connectivity index is 1.85. The number of anilines is 1. The molecule has 114 valence electrons. The van der Waals surface area contributed by atoms with E-state index in [2.05, 4.69) is 10.6 Å². The van der Waals surface area contributed by atoms with Gasteiger partial charge in [-0.15, -0.1) is 11.6 Å². The van der Waals surface area contributed by atoms with Gasteiger partial charge in [0.1, 0.15) is 0 Å². The molecular weight excluding hydrogens is 313 g/mol. The standard InChI is InChI=1S/C14H17Cl2N3O2/c15-5-6-17-14(21)18-8-10-7-13(20)19(9-10)12-3-1-11(16)2-4-12/h1-4,10H,5-9H2,(H2,17,18,21). The first-order valence-corrected chi connectivity index (χ1v) is 7.65. The summed E-state index contributed by atoms with van der Waals surface area (Å²) in [4.78, 5) is 25.2. The molecule has 0 aromatic heterocycles. The number of alkyl halides is 1. The number of carbonyl (C=O) groups is 2. The summed E-state index contributed by atoms with van der Waals surface area (Å²) in [6.45, 7) is 1.48. The van der Waals surface area contributed by atoms with Gasteiger partial charge in [-0.3, -0.25) is 4.79 Å². The number of hydrogen-bond acceptors (Lipinski definition) is 2. The molecule has 21 heavy (non-hydrogen) atoms. The van der Waals surface area contributed by atoms with Gasteiger partial charge in [-0.1, -0.05) is 11.6 Å². The number of carbonyl (C=O) groups excluding carboxylic acids is 2. The van der Waals surface area contributed by atoms with Crippen LogP contribution in [0.3, 0.4) is 0 Å². The lowest BCUT2D eigenvalue weighted by Gasteiger charge is -2.17. The number of nitrogens with one attached hydrogen (secondary N) is 2. The number of rotatable bonds is 5. The van der Waals surface area contributed by atoms with Crippen LogP contribution < -0.4 is 15.5 Å². The first kappa shape index (κ1) is 15.9. The van der Waals surface area contributed by atoms with Crippen LogP contribution in [0.2, 0.25) is 5.02 Å². The summed E-state index contributed by atoms with van der Waals surface area (Å²) in [6, 6.07) is 6.91. The summed E-state index contributed by atoms with van der Waals surface area (Å²) in [5, 5.41) is 6.01. The Hall–Kier alpha value is -1.46. The van der Waals surface area contributed by atoms with Gasteiger partial charge < -0.3 is 15.5 Å². The number of hydrogen-bond donors (Lipinski definition) is 2. The third-order valence-corrected chi connectivity index (χ3v) is 3.72. The van der Waals surface area contributed by atoms with E-state index in [0.717, 1.165) is 5.69 Å². The maximum Gasteiger partial charge on any atom is 0.314 e. The van der Waals surface area contributed by atoms with Crippen LogP contribution in [0.25, 0.3) is 0 Å². The van der Waals surface area contributed by atoms with E-state index < -0.39 is 0 Å². The van der Waals surface area contributed by atoms with Crippen LogP contribution in [0.5, 0.6) is 0 Å². The molecule has 1 unspecified atom stereocenters. The molecule has 5 nitrogen and oxygen atoms in total. The average Bonchev–Trinajstić information content (AvgIpc) is 2.85. The van der Waals surface area contributed by atoms with E-state index >= 15 is 0 Å². The first-order chi connectivity index (χ1) is 10.1. The predicted molar refractivity (Wildman–Crippen MR) is 84.0 cm³/mol. The Morgan fingerprint density at radius 2 is 2.00 bits per heavy atom. The lowest BCUT2D eigenvalue weighted by Crippen LogP contribution is -2.39. The Morgan fingerprint density at radius 3 is 2.67 bits per heavy atom. The van der Waals surface area contributed by atoms with Gasteiger partial charge in [0.25, 0.3) is 0 Å². The monoisotopic (exact) mass is 329 g/mol. The van der Waals surface area contributed by atoms with E-state index in [9.17, 15) is 9.59 Å². The molecule has 0 bridgehead atoms. The molecule has 1 atom stereocenters. The van der Waals surface area contributed by atoms with Crippen LogP contribution in [0.4, 0.5) is 10.5 Å². The summed E-state index contributed by atoms with van der Waals surface area (Å²) in [6.07, 6.45) is 0.429. The predicted octanol–water partition coefficient (Wildman–Crippen LogP) is 2.23. The summed E-state index contributed by atoms with van der Waals surface area (Å²) < 4.78 is 0. The summed E-state index contributed by atoms with van der Waals surface area (Å²) in [7, 11) is 0. The number of urea groups is 1. The highest BCUT2D eigenvalue weighted by atomic mass is 35.5. The molecule has 0 saturated carbocycles. The molecule has 0 spiro atoms. The SMILES string of the molecule is O=C(NCCCl)NCC1CC(=O)N(c2ccc(Cl)cc2)C1. The van der Waals surface area contributed by atoms with Crippen molar-refractivity contribution in [2.24, 2.45) is 5.92 Å². The van der Waals surface area contributed by atoms with Crippen molar-refractivity contribution < 1.29 is 9.59 Å². The zero-order chi connectivity index (χ0) is 15.2. The lowest BCUT2D eigenvalue weighted by atomic mass is 10.1. The molecular formula is C14H17Cl2N3O2. The summed E-state index contributed by atoms with van der Waals surface area (Å²) in [5.41, 5.74) is 0.832. The molecule has 3 amide bonds. The molecule has 2 rings (SSSR count). The molecule has 1 heterocycles. The number of amides is 3. The first-order valence-electron chi connectivity index (χ1n) is 6.73. The lowest BCUT2D eigenvalue weighted by molar-refractivity contribution is -0.117. The highest BCUT2D eigenvalue weighted by molar-refractivity contribution is 6.30. The Bertz CT molecular complexity index is 507. The van der Waals surface area contributed by atoms with Crippen LogP contribution in [-0.2, 0) is 4.79 Å². The third-order valence-electron chi connectivity index (χ3n) is 3.27. The number of nitrogens with zero attached hydrogens (tertiary/aromatic N) is 1. The fourth-order valence-electron chi connectivity index (χ4n) is 2.25. The van der Waals surface area contributed by atoms with Gasteiger partial charge in [0, 0.05) is 48.6 Å². The van der Waals surface area contributed by atoms with Crippen molar-refractivity contribution in [3.8, 4) is 0 Å². The minimum atomic E-state index is -0.256. The normalized spacial score (nSPS) is 17.9. The zero-order valence-corrected chi connectivity index (χ0v) is 13.0. The van der Waals surface area contributed by atoms with Gasteiger partial charge in [0.15, 0.2) is 0 Å². The summed E-state index contributed by atoms with van der Waals surface area (Å²) in [5.74, 6) is 0.542. The van der Waals surface area contributed by atoms with Crippen molar-refractivity contribution in [3.63, 3.8) is 0 Å². The van der Waals surface area contributed by atoms with E-state index in [-0.39, 0.29) is 17.9 Å². The van der Waals surface area contributed by atoms with Crippen LogP contribution in [-0.4, -0.2) is 37.5 Å². The van der Waals surface area contributed by atoms with E-state index in [1.165, 1.54) is 0 Å². The fourth-order valence-corrected chi connectivity index (χ4v) is 2.47. The van der Waals surface area contributed by atoms with Crippen molar-refractivity contribution in [1.29, 1.82) is 0 Å². The fraction of sp³-hybridized carbons (Fsp3) is 0.429. The van der Waals surface area contributed by atoms with Crippen LogP contribution in [0, 0.1) is 5.92 Å². The molecule has 7 heteroatoms.